The van der Waals surface area contributed by atoms with Crippen LogP contribution in [0.3, 0.4) is 0 Å². The zero-order valence-corrected chi connectivity index (χ0v) is 19.4. The average molecular weight is 454 g/mol. The number of carbonyl (C=O) groups excluding carboxylic acids is 1. The van der Waals surface area contributed by atoms with Gasteiger partial charge in [-0.05, 0) is 56.2 Å². The summed E-state index contributed by atoms with van der Waals surface area (Å²) in [5.74, 6) is 0.848. The minimum Gasteiger partial charge on any atom is -0.311 e. The fourth-order valence-electron chi connectivity index (χ4n) is 3.18. The van der Waals surface area contributed by atoms with Crippen LogP contribution in [0.25, 0.3) is 11.4 Å². The number of aryl methyl sites for hydroxylation is 2. The largest absolute Gasteiger partial charge is 0.311 e. The summed E-state index contributed by atoms with van der Waals surface area (Å²) in [5, 5.41) is 18.9. The van der Waals surface area contributed by atoms with Crippen LogP contribution in [0, 0.1) is 25.2 Å². The number of halogens is 1. The van der Waals surface area contributed by atoms with Crippen molar-refractivity contribution in [1.82, 2.24) is 14.8 Å². The van der Waals surface area contributed by atoms with Crippen LogP contribution < -0.4 is 4.90 Å². The number of rotatable bonds is 8. The first-order valence-corrected chi connectivity index (χ1v) is 11.4. The minimum atomic E-state index is -0.0709. The molecule has 0 spiro atoms. The number of carbonyl (C=O) groups is 1. The van der Waals surface area contributed by atoms with E-state index in [4.69, 9.17) is 16.9 Å². The van der Waals surface area contributed by atoms with Crippen LogP contribution in [0.5, 0.6) is 0 Å². The standard InChI is InChI=1S/C23H24ClN5OS/c1-4-28-22(18-7-5-8-19(24)14-18)26-27-23(28)31-15-21(30)29(12-6-11-25)20-10-9-16(2)17(3)13-20/h5,7-10,13-14H,4,6,12,15H2,1-3H3. The molecular formula is C23H24ClN5OS. The highest BCUT2D eigenvalue weighted by molar-refractivity contribution is 7.99. The molecule has 0 radical (unpaired) electrons. The summed E-state index contributed by atoms with van der Waals surface area (Å²) < 4.78 is 1.97. The van der Waals surface area contributed by atoms with Crippen LogP contribution in [-0.2, 0) is 11.3 Å². The highest BCUT2D eigenvalue weighted by Crippen LogP contribution is 2.27. The fraction of sp³-hybridized carbons (Fsp3) is 0.304. The van der Waals surface area contributed by atoms with Gasteiger partial charge >= 0.3 is 0 Å². The summed E-state index contributed by atoms with van der Waals surface area (Å²) in [6, 6.07) is 15.5. The van der Waals surface area contributed by atoms with Gasteiger partial charge in [0.05, 0.1) is 18.2 Å². The van der Waals surface area contributed by atoms with Gasteiger partial charge in [-0.25, -0.2) is 0 Å². The second kappa shape index (κ2) is 10.5. The number of hydrogen-bond acceptors (Lipinski definition) is 5. The van der Waals surface area contributed by atoms with Crippen molar-refractivity contribution in [1.29, 1.82) is 5.26 Å². The Hall–Kier alpha value is -2.82. The molecule has 2 aromatic carbocycles. The summed E-state index contributed by atoms with van der Waals surface area (Å²) in [7, 11) is 0. The average Bonchev–Trinajstić information content (AvgIpc) is 3.18. The van der Waals surface area contributed by atoms with E-state index in [1.807, 2.05) is 67.8 Å². The molecule has 1 amide bonds. The Bertz CT molecular complexity index is 1120. The Morgan fingerprint density at radius 3 is 2.68 bits per heavy atom. The first-order chi connectivity index (χ1) is 14.9. The van der Waals surface area contributed by atoms with Crippen LogP contribution in [0.2, 0.25) is 5.02 Å². The molecule has 0 saturated heterocycles. The number of nitrogens with zero attached hydrogens (tertiary/aromatic N) is 5. The van der Waals surface area contributed by atoms with Crippen molar-refractivity contribution in [3.63, 3.8) is 0 Å². The monoisotopic (exact) mass is 453 g/mol. The van der Waals surface area contributed by atoms with E-state index in [1.165, 1.54) is 11.8 Å². The van der Waals surface area contributed by atoms with E-state index in [2.05, 4.69) is 16.3 Å². The summed E-state index contributed by atoms with van der Waals surface area (Å²) in [6.07, 6.45) is 0.271. The van der Waals surface area contributed by atoms with Crippen molar-refractivity contribution < 1.29 is 4.79 Å². The minimum absolute atomic E-state index is 0.0709. The number of nitriles is 1. The van der Waals surface area contributed by atoms with Gasteiger partial charge in [0, 0.05) is 29.4 Å². The Kier molecular flexibility index (Phi) is 7.72. The number of benzene rings is 2. The lowest BCUT2D eigenvalue weighted by atomic mass is 10.1. The van der Waals surface area contributed by atoms with Gasteiger partial charge in [0.25, 0.3) is 0 Å². The Balaban J connectivity index is 1.79. The van der Waals surface area contributed by atoms with Gasteiger partial charge in [-0.1, -0.05) is 41.6 Å². The Morgan fingerprint density at radius 1 is 1.19 bits per heavy atom. The normalized spacial score (nSPS) is 10.7. The molecular weight excluding hydrogens is 430 g/mol. The third kappa shape index (κ3) is 5.46. The molecule has 0 aliphatic carbocycles. The molecule has 0 unspecified atom stereocenters. The van der Waals surface area contributed by atoms with Crippen LogP contribution in [0.15, 0.2) is 47.6 Å². The maximum atomic E-state index is 13.1. The second-order valence-electron chi connectivity index (χ2n) is 7.07. The highest BCUT2D eigenvalue weighted by Gasteiger charge is 2.19. The summed E-state index contributed by atoms with van der Waals surface area (Å²) >= 11 is 7.47. The Labute approximate surface area is 191 Å². The predicted molar refractivity (Wildman–Crippen MR) is 125 cm³/mol. The smallest absolute Gasteiger partial charge is 0.237 e. The number of amides is 1. The topological polar surface area (TPSA) is 74.8 Å². The molecule has 31 heavy (non-hydrogen) atoms. The van der Waals surface area contributed by atoms with Crippen molar-refractivity contribution in [3.8, 4) is 17.5 Å². The van der Waals surface area contributed by atoms with Gasteiger partial charge in [0.15, 0.2) is 11.0 Å². The predicted octanol–water partition coefficient (Wildman–Crippen LogP) is 5.27. The summed E-state index contributed by atoms with van der Waals surface area (Å²) in [5.41, 5.74) is 3.96. The lowest BCUT2D eigenvalue weighted by molar-refractivity contribution is -0.116. The lowest BCUT2D eigenvalue weighted by Gasteiger charge is -2.22. The Morgan fingerprint density at radius 2 is 2.00 bits per heavy atom. The quantitative estimate of drug-likeness (QED) is 0.434. The van der Waals surface area contributed by atoms with Crippen molar-refractivity contribution in [2.24, 2.45) is 0 Å². The van der Waals surface area contributed by atoms with Gasteiger partial charge in [-0.15, -0.1) is 10.2 Å². The van der Waals surface area contributed by atoms with E-state index < -0.39 is 0 Å². The first-order valence-electron chi connectivity index (χ1n) is 10.0. The van der Waals surface area contributed by atoms with Crippen molar-refractivity contribution >= 4 is 35.0 Å². The maximum absolute atomic E-state index is 13.1. The summed E-state index contributed by atoms with van der Waals surface area (Å²) in [4.78, 5) is 14.7. The second-order valence-corrected chi connectivity index (χ2v) is 8.45. The highest BCUT2D eigenvalue weighted by atomic mass is 35.5. The number of thioether (sulfide) groups is 1. The van der Waals surface area contributed by atoms with Gasteiger partial charge in [0.1, 0.15) is 0 Å². The molecule has 0 N–H and O–H groups in total. The van der Waals surface area contributed by atoms with Crippen LogP contribution in [0.1, 0.15) is 24.5 Å². The molecule has 3 aromatic rings. The van der Waals surface area contributed by atoms with E-state index in [0.29, 0.717) is 23.3 Å². The molecule has 8 heteroatoms. The van der Waals surface area contributed by atoms with E-state index >= 15 is 0 Å². The van der Waals surface area contributed by atoms with Crippen molar-refractivity contribution in [2.75, 3.05) is 17.2 Å². The van der Waals surface area contributed by atoms with Gasteiger partial charge in [-0.3, -0.25) is 4.79 Å². The van der Waals surface area contributed by atoms with E-state index in [9.17, 15) is 4.79 Å². The summed E-state index contributed by atoms with van der Waals surface area (Å²) in [6.45, 7) is 7.08. The molecule has 160 valence electrons. The molecule has 0 aliphatic heterocycles. The molecule has 0 fully saturated rings. The zero-order valence-electron chi connectivity index (χ0n) is 17.8. The van der Waals surface area contributed by atoms with Gasteiger partial charge < -0.3 is 9.47 Å². The zero-order chi connectivity index (χ0) is 22.4. The molecule has 6 nitrogen and oxygen atoms in total. The first kappa shape index (κ1) is 22.9. The molecule has 0 bridgehead atoms. The molecule has 0 atom stereocenters. The van der Waals surface area contributed by atoms with E-state index in [-0.39, 0.29) is 18.1 Å². The van der Waals surface area contributed by atoms with Crippen LogP contribution in [0.4, 0.5) is 5.69 Å². The van der Waals surface area contributed by atoms with Crippen LogP contribution >= 0.6 is 23.4 Å². The molecule has 1 heterocycles. The number of hydrogen-bond donors (Lipinski definition) is 0. The van der Waals surface area contributed by atoms with E-state index in [0.717, 1.165) is 28.2 Å². The van der Waals surface area contributed by atoms with Crippen molar-refractivity contribution in [3.05, 3.63) is 58.6 Å². The maximum Gasteiger partial charge on any atom is 0.237 e. The molecule has 0 aliphatic rings. The van der Waals surface area contributed by atoms with Gasteiger partial charge in [0.2, 0.25) is 5.91 Å². The third-order valence-electron chi connectivity index (χ3n) is 4.99. The SMILES string of the molecule is CCn1c(SCC(=O)N(CCC#N)c2ccc(C)c(C)c2)nnc1-c1cccc(Cl)c1. The molecule has 3 rings (SSSR count). The van der Waals surface area contributed by atoms with Crippen molar-refractivity contribution in [2.45, 2.75) is 38.9 Å². The van der Waals surface area contributed by atoms with Gasteiger partial charge in [-0.2, -0.15) is 5.26 Å². The molecule has 0 saturated carbocycles. The van der Waals surface area contributed by atoms with Crippen LogP contribution in [-0.4, -0.2) is 33.0 Å². The number of aromatic nitrogens is 3. The molecule has 1 aromatic heterocycles. The van der Waals surface area contributed by atoms with E-state index in [1.54, 1.807) is 4.90 Å². The fourth-order valence-corrected chi connectivity index (χ4v) is 4.25. The lowest BCUT2D eigenvalue weighted by Crippen LogP contribution is -2.33. The number of anilines is 1. The third-order valence-corrected chi connectivity index (χ3v) is 6.18.